The molecule has 1 aromatic heterocycles. The lowest BCUT2D eigenvalue weighted by Gasteiger charge is -2.23. The van der Waals surface area contributed by atoms with Gasteiger partial charge in [-0.2, -0.15) is 4.98 Å². The van der Waals surface area contributed by atoms with Crippen molar-refractivity contribution in [3.8, 4) is 0 Å². The number of carbonyl (C=O) groups excluding carboxylic acids is 2. The predicted molar refractivity (Wildman–Crippen MR) is 95.1 cm³/mol. The number of hydrogen-bond acceptors (Lipinski definition) is 6. The average Bonchev–Trinajstić information content (AvgIpc) is 3.19. The normalized spacial score (nSPS) is 18.4. The van der Waals surface area contributed by atoms with Crippen LogP contribution in [0.3, 0.4) is 0 Å². The Hall–Kier alpha value is -1.67. The summed E-state index contributed by atoms with van der Waals surface area (Å²) in [5.41, 5.74) is 5.78. The molecule has 3 N–H and O–H groups in total. The molecule has 1 aliphatic heterocycles. The van der Waals surface area contributed by atoms with Crippen LogP contribution in [-0.2, 0) is 9.59 Å². The second-order valence-corrected chi connectivity index (χ2v) is 6.88. The zero-order valence-corrected chi connectivity index (χ0v) is 16.0. The van der Waals surface area contributed by atoms with Crippen LogP contribution in [0.2, 0.25) is 0 Å². The number of likely N-dealkylation sites (tertiary alicyclic amines) is 1. The minimum atomic E-state index is -0.613. The highest BCUT2D eigenvalue weighted by molar-refractivity contribution is 5.87. The molecule has 2 heterocycles. The number of carbonyl (C=O) groups is 2. The molecule has 1 fully saturated rings. The maximum absolute atomic E-state index is 12.5. The van der Waals surface area contributed by atoms with Crippen molar-refractivity contribution in [1.82, 2.24) is 20.4 Å². The van der Waals surface area contributed by atoms with Crippen molar-refractivity contribution < 1.29 is 14.1 Å². The molecule has 8 nitrogen and oxygen atoms in total. The van der Waals surface area contributed by atoms with E-state index in [9.17, 15) is 9.59 Å². The number of hydrogen-bond donors (Lipinski definition) is 2. The molecule has 142 valence electrons. The van der Waals surface area contributed by atoms with Crippen molar-refractivity contribution >= 4 is 24.2 Å². The number of nitrogens with two attached hydrogens (primary N) is 1. The van der Waals surface area contributed by atoms with Gasteiger partial charge >= 0.3 is 0 Å². The van der Waals surface area contributed by atoms with Crippen molar-refractivity contribution in [3.63, 3.8) is 0 Å². The second-order valence-electron chi connectivity index (χ2n) is 6.88. The molecule has 25 heavy (non-hydrogen) atoms. The molecule has 0 bridgehead atoms. The van der Waals surface area contributed by atoms with Crippen molar-refractivity contribution in [1.29, 1.82) is 0 Å². The summed E-state index contributed by atoms with van der Waals surface area (Å²) < 4.78 is 5.24. The number of rotatable bonds is 6. The van der Waals surface area contributed by atoms with E-state index in [1.54, 1.807) is 4.90 Å². The summed E-state index contributed by atoms with van der Waals surface area (Å²) in [5.74, 6) is 0.811. The van der Waals surface area contributed by atoms with E-state index in [1.165, 1.54) is 0 Å². The van der Waals surface area contributed by atoms with Crippen molar-refractivity contribution in [3.05, 3.63) is 11.7 Å². The first-order chi connectivity index (χ1) is 11.3. The van der Waals surface area contributed by atoms with E-state index in [-0.39, 0.29) is 48.6 Å². The van der Waals surface area contributed by atoms with Gasteiger partial charge in [-0.3, -0.25) is 9.59 Å². The van der Waals surface area contributed by atoms with Crippen molar-refractivity contribution in [2.75, 3.05) is 13.1 Å². The fourth-order valence-corrected chi connectivity index (χ4v) is 2.64. The molecule has 1 aliphatic rings. The Labute approximate surface area is 154 Å². The lowest BCUT2D eigenvalue weighted by atomic mass is 10.1. The van der Waals surface area contributed by atoms with E-state index >= 15 is 0 Å². The molecule has 0 saturated carbocycles. The molecule has 2 atom stereocenters. The van der Waals surface area contributed by atoms with E-state index in [0.717, 1.165) is 12.8 Å². The largest absolute Gasteiger partial charge is 0.346 e. The van der Waals surface area contributed by atoms with Crippen LogP contribution >= 0.6 is 12.4 Å². The van der Waals surface area contributed by atoms with Gasteiger partial charge in [0.25, 0.3) is 0 Å². The van der Waals surface area contributed by atoms with Crippen LogP contribution in [0.4, 0.5) is 0 Å². The molecule has 0 aromatic carbocycles. The van der Waals surface area contributed by atoms with Crippen LogP contribution in [0.25, 0.3) is 0 Å². The van der Waals surface area contributed by atoms with Gasteiger partial charge in [-0.15, -0.1) is 12.4 Å². The van der Waals surface area contributed by atoms with E-state index in [2.05, 4.69) is 15.5 Å². The summed E-state index contributed by atoms with van der Waals surface area (Å²) >= 11 is 0. The van der Waals surface area contributed by atoms with Gasteiger partial charge in [-0.1, -0.05) is 32.9 Å². The minimum Gasteiger partial charge on any atom is -0.346 e. The van der Waals surface area contributed by atoms with Crippen LogP contribution in [0.5, 0.6) is 0 Å². The molecule has 1 unspecified atom stereocenters. The third kappa shape index (κ3) is 5.15. The summed E-state index contributed by atoms with van der Waals surface area (Å²) in [6.07, 6.45) is 1.67. The monoisotopic (exact) mass is 373 g/mol. The molecule has 1 saturated heterocycles. The molecule has 1 aromatic rings. The molecular formula is C16H28ClN5O3. The Morgan fingerprint density at radius 3 is 2.60 bits per heavy atom. The molecule has 0 radical (unpaired) electrons. The second kappa shape index (κ2) is 9.15. The standard InChI is InChI=1S/C16H27N5O3.ClH/c1-9(2)13(17)15(23)18-8-12(22)21-7-5-6-11(21)14-19-16(10(3)4)24-20-14;/h9-11,13H,5-8,17H2,1-4H3,(H,18,23);1H/t11?,13-;/m0./s1. The number of nitrogens with one attached hydrogen (secondary N) is 1. The van der Waals surface area contributed by atoms with Crippen LogP contribution in [-0.4, -0.2) is 46.0 Å². The topological polar surface area (TPSA) is 114 Å². The van der Waals surface area contributed by atoms with Crippen LogP contribution in [0, 0.1) is 5.92 Å². The summed E-state index contributed by atoms with van der Waals surface area (Å²) in [6.45, 7) is 8.24. The van der Waals surface area contributed by atoms with Gasteiger partial charge in [-0.05, 0) is 18.8 Å². The number of nitrogens with zero attached hydrogens (tertiary/aromatic N) is 3. The Balaban J connectivity index is 0.00000312. The molecule has 2 rings (SSSR count). The SMILES string of the molecule is CC(C)c1nc(C2CCCN2C(=O)CNC(=O)[C@@H](N)C(C)C)no1.Cl. The number of halogens is 1. The van der Waals surface area contributed by atoms with Crippen LogP contribution < -0.4 is 11.1 Å². The highest BCUT2D eigenvalue weighted by Crippen LogP contribution is 2.30. The summed E-state index contributed by atoms with van der Waals surface area (Å²) in [4.78, 5) is 30.4. The Morgan fingerprint density at radius 2 is 2.04 bits per heavy atom. The average molecular weight is 374 g/mol. The van der Waals surface area contributed by atoms with Crippen LogP contribution in [0.1, 0.15) is 64.2 Å². The lowest BCUT2D eigenvalue weighted by Crippen LogP contribution is -2.47. The molecule has 9 heteroatoms. The van der Waals surface area contributed by atoms with Gasteiger partial charge in [-0.25, -0.2) is 0 Å². The van der Waals surface area contributed by atoms with Crippen LogP contribution in [0.15, 0.2) is 4.52 Å². The maximum atomic E-state index is 12.5. The first-order valence-electron chi connectivity index (χ1n) is 8.47. The molecular weight excluding hydrogens is 346 g/mol. The van der Waals surface area contributed by atoms with E-state index in [4.69, 9.17) is 10.3 Å². The fraction of sp³-hybridized carbons (Fsp3) is 0.750. The fourth-order valence-electron chi connectivity index (χ4n) is 2.64. The maximum Gasteiger partial charge on any atom is 0.242 e. The highest BCUT2D eigenvalue weighted by atomic mass is 35.5. The number of aromatic nitrogens is 2. The van der Waals surface area contributed by atoms with Gasteiger partial charge in [0, 0.05) is 12.5 Å². The highest BCUT2D eigenvalue weighted by Gasteiger charge is 2.33. The molecule has 2 amide bonds. The third-order valence-electron chi connectivity index (χ3n) is 4.26. The quantitative estimate of drug-likeness (QED) is 0.778. The summed E-state index contributed by atoms with van der Waals surface area (Å²) in [6, 6.07) is -0.803. The van der Waals surface area contributed by atoms with E-state index in [0.29, 0.717) is 18.3 Å². The Bertz CT molecular complexity index is 590. The minimum absolute atomic E-state index is 0. The zero-order valence-electron chi connectivity index (χ0n) is 15.2. The molecule has 0 aliphatic carbocycles. The Morgan fingerprint density at radius 1 is 1.36 bits per heavy atom. The van der Waals surface area contributed by atoms with Gasteiger partial charge in [0.15, 0.2) is 5.82 Å². The lowest BCUT2D eigenvalue weighted by molar-refractivity contribution is -0.134. The third-order valence-corrected chi connectivity index (χ3v) is 4.26. The van der Waals surface area contributed by atoms with Gasteiger partial charge in [0.2, 0.25) is 17.7 Å². The van der Waals surface area contributed by atoms with Gasteiger partial charge in [0.05, 0.1) is 18.6 Å². The van der Waals surface area contributed by atoms with E-state index < -0.39 is 6.04 Å². The summed E-state index contributed by atoms with van der Waals surface area (Å²) in [5, 5.41) is 6.63. The summed E-state index contributed by atoms with van der Waals surface area (Å²) in [7, 11) is 0. The van der Waals surface area contributed by atoms with Crippen molar-refractivity contribution in [2.24, 2.45) is 11.7 Å². The first-order valence-corrected chi connectivity index (χ1v) is 8.47. The smallest absolute Gasteiger partial charge is 0.242 e. The Kier molecular flexibility index (Phi) is 7.82. The predicted octanol–water partition coefficient (Wildman–Crippen LogP) is 1.38. The van der Waals surface area contributed by atoms with E-state index in [1.807, 2.05) is 27.7 Å². The molecule has 0 spiro atoms. The zero-order chi connectivity index (χ0) is 17.9. The van der Waals surface area contributed by atoms with Crippen molar-refractivity contribution in [2.45, 2.75) is 58.5 Å². The number of amides is 2. The first kappa shape index (κ1) is 21.4. The van der Waals surface area contributed by atoms with Gasteiger partial charge in [0.1, 0.15) is 0 Å². The van der Waals surface area contributed by atoms with Gasteiger partial charge < -0.3 is 20.5 Å².